The van der Waals surface area contributed by atoms with E-state index in [2.05, 4.69) is 37.0 Å². The van der Waals surface area contributed by atoms with Gasteiger partial charge < -0.3 is 9.88 Å². The van der Waals surface area contributed by atoms with Gasteiger partial charge in [-0.25, -0.2) is 9.37 Å². The number of hydrogen-bond acceptors (Lipinski definition) is 2. The molecule has 0 radical (unpaired) electrons. The van der Waals surface area contributed by atoms with Gasteiger partial charge in [-0.3, -0.25) is 0 Å². The average molecular weight is 324 g/mol. The topological polar surface area (TPSA) is 29.9 Å². The maximum Gasteiger partial charge on any atom is 0.207 e. The van der Waals surface area contributed by atoms with Crippen molar-refractivity contribution in [2.75, 3.05) is 5.32 Å². The van der Waals surface area contributed by atoms with Crippen LogP contribution in [0.1, 0.15) is 30.1 Å². The minimum atomic E-state index is -0.246. The number of halogens is 2. The number of hydrogen-bond donors (Lipinski definition) is 1. The summed E-state index contributed by atoms with van der Waals surface area (Å²) in [6.45, 7) is 3.87. The van der Waals surface area contributed by atoms with Gasteiger partial charge in [0.25, 0.3) is 0 Å². The van der Waals surface area contributed by atoms with Gasteiger partial charge in [0.2, 0.25) is 5.95 Å². The summed E-state index contributed by atoms with van der Waals surface area (Å²) in [5.74, 6) is 0.589. The van der Waals surface area contributed by atoms with Gasteiger partial charge in [0.1, 0.15) is 5.82 Å². The van der Waals surface area contributed by atoms with Crippen molar-refractivity contribution in [1.29, 1.82) is 0 Å². The lowest BCUT2D eigenvalue weighted by molar-refractivity contribution is 0.620. The molecule has 0 spiro atoms. The zero-order chi connectivity index (χ0) is 13.6. The Labute approximate surface area is 120 Å². The average Bonchev–Trinajstić information content (AvgIpc) is 3.11. The second kappa shape index (κ2) is 4.63. The molecule has 3 nitrogen and oxygen atoms in total. The van der Waals surface area contributed by atoms with Crippen LogP contribution in [-0.2, 0) is 0 Å². The minimum absolute atomic E-state index is 0.246. The van der Waals surface area contributed by atoms with Crippen LogP contribution in [0.3, 0.4) is 0 Å². The highest BCUT2D eigenvalue weighted by Crippen LogP contribution is 2.38. The van der Waals surface area contributed by atoms with Gasteiger partial charge in [-0.1, -0.05) is 0 Å². The van der Waals surface area contributed by atoms with E-state index in [4.69, 9.17) is 0 Å². The fraction of sp³-hybridized carbons (Fsp3) is 0.357. The summed E-state index contributed by atoms with van der Waals surface area (Å²) in [5.41, 5.74) is 2.73. The predicted octanol–water partition coefficient (Wildman–Crippen LogP) is 4.48. The van der Waals surface area contributed by atoms with E-state index >= 15 is 0 Å². The van der Waals surface area contributed by atoms with E-state index in [0.717, 1.165) is 22.9 Å². The number of rotatable bonds is 3. The molecule has 100 valence electrons. The first-order chi connectivity index (χ1) is 9.04. The van der Waals surface area contributed by atoms with Crippen LogP contribution in [-0.4, -0.2) is 9.55 Å². The van der Waals surface area contributed by atoms with Crippen molar-refractivity contribution in [1.82, 2.24) is 9.55 Å². The Bertz CT molecular complexity index is 632. The largest absolute Gasteiger partial charge is 0.325 e. The maximum atomic E-state index is 13.4. The maximum absolute atomic E-state index is 13.4. The number of benzene rings is 1. The summed E-state index contributed by atoms with van der Waals surface area (Å²) in [5, 5.41) is 3.31. The molecule has 0 saturated heterocycles. The van der Waals surface area contributed by atoms with Crippen LogP contribution in [0, 0.1) is 19.7 Å². The summed E-state index contributed by atoms with van der Waals surface area (Å²) in [7, 11) is 0. The van der Waals surface area contributed by atoms with Crippen molar-refractivity contribution >= 4 is 27.6 Å². The van der Waals surface area contributed by atoms with E-state index in [1.165, 1.54) is 18.9 Å². The zero-order valence-electron chi connectivity index (χ0n) is 10.9. The predicted molar refractivity (Wildman–Crippen MR) is 77.4 cm³/mol. The molecule has 3 rings (SSSR count). The highest BCUT2D eigenvalue weighted by molar-refractivity contribution is 9.10. The third-order valence-electron chi connectivity index (χ3n) is 3.31. The molecular formula is C14H15BrFN3. The third kappa shape index (κ3) is 2.52. The Hall–Kier alpha value is -1.36. The highest BCUT2D eigenvalue weighted by atomic mass is 79.9. The molecule has 1 aromatic heterocycles. The van der Waals surface area contributed by atoms with Gasteiger partial charge in [-0.15, -0.1) is 0 Å². The lowest BCUT2D eigenvalue weighted by Crippen LogP contribution is -2.02. The van der Waals surface area contributed by atoms with Gasteiger partial charge in [-0.2, -0.15) is 0 Å². The van der Waals surface area contributed by atoms with Crippen LogP contribution in [0.2, 0.25) is 0 Å². The number of anilines is 2. The van der Waals surface area contributed by atoms with E-state index in [1.54, 1.807) is 6.07 Å². The van der Waals surface area contributed by atoms with E-state index in [0.29, 0.717) is 10.5 Å². The molecular weight excluding hydrogens is 309 g/mol. The quantitative estimate of drug-likeness (QED) is 0.902. The van der Waals surface area contributed by atoms with Gasteiger partial charge in [0, 0.05) is 17.9 Å². The molecule has 0 bridgehead atoms. The lowest BCUT2D eigenvalue weighted by Gasteiger charge is -2.11. The van der Waals surface area contributed by atoms with E-state index in [1.807, 2.05) is 13.8 Å². The van der Waals surface area contributed by atoms with E-state index < -0.39 is 0 Å². The smallest absolute Gasteiger partial charge is 0.207 e. The van der Waals surface area contributed by atoms with Crippen molar-refractivity contribution in [3.63, 3.8) is 0 Å². The molecule has 5 heteroatoms. The molecule has 1 aliphatic carbocycles. The van der Waals surface area contributed by atoms with Crippen LogP contribution >= 0.6 is 15.9 Å². The fourth-order valence-corrected chi connectivity index (χ4v) is 2.48. The molecule has 0 aliphatic heterocycles. The van der Waals surface area contributed by atoms with E-state index in [-0.39, 0.29) is 5.82 Å². The van der Waals surface area contributed by atoms with Crippen molar-refractivity contribution in [2.45, 2.75) is 32.7 Å². The Kier molecular flexibility index (Phi) is 3.09. The van der Waals surface area contributed by atoms with Crippen LogP contribution in [0.5, 0.6) is 0 Å². The van der Waals surface area contributed by atoms with Crippen molar-refractivity contribution in [3.8, 4) is 0 Å². The van der Waals surface area contributed by atoms with Crippen LogP contribution in [0.4, 0.5) is 16.0 Å². The molecule has 1 N–H and O–H groups in total. The first kappa shape index (κ1) is 12.7. The number of aryl methyl sites for hydroxylation is 2. The Morgan fingerprint density at radius 2 is 2.11 bits per heavy atom. The zero-order valence-corrected chi connectivity index (χ0v) is 12.5. The molecule has 1 fully saturated rings. The number of imidazole rings is 1. The second-order valence-electron chi connectivity index (χ2n) is 5.05. The van der Waals surface area contributed by atoms with Crippen molar-refractivity contribution in [2.24, 2.45) is 0 Å². The van der Waals surface area contributed by atoms with Gasteiger partial charge in [0.05, 0.1) is 10.2 Å². The molecule has 1 heterocycles. The monoisotopic (exact) mass is 323 g/mol. The van der Waals surface area contributed by atoms with Crippen molar-refractivity contribution in [3.05, 3.63) is 39.9 Å². The first-order valence-electron chi connectivity index (χ1n) is 6.33. The molecule has 1 aromatic carbocycles. The summed E-state index contributed by atoms with van der Waals surface area (Å²) >= 11 is 3.22. The SMILES string of the molecule is Cc1cn(C2CC2)c(Nc2cc(Br)c(F)cc2C)n1. The Morgan fingerprint density at radius 3 is 2.79 bits per heavy atom. The highest BCUT2D eigenvalue weighted by Gasteiger charge is 2.26. The molecule has 1 aliphatic rings. The second-order valence-corrected chi connectivity index (χ2v) is 5.90. The van der Waals surface area contributed by atoms with Crippen LogP contribution in [0.25, 0.3) is 0 Å². The summed E-state index contributed by atoms with van der Waals surface area (Å²) in [6.07, 6.45) is 4.47. The van der Waals surface area contributed by atoms with E-state index in [9.17, 15) is 4.39 Å². The Morgan fingerprint density at radius 1 is 1.37 bits per heavy atom. The molecule has 0 atom stereocenters. The molecule has 1 saturated carbocycles. The number of aromatic nitrogens is 2. The first-order valence-corrected chi connectivity index (χ1v) is 7.12. The van der Waals surface area contributed by atoms with Crippen LogP contribution < -0.4 is 5.32 Å². The molecule has 0 unspecified atom stereocenters. The number of nitrogens with one attached hydrogen (secondary N) is 1. The normalized spacial score (nSPS) is 14.7. The van der Waals surface area contributed by atoms with Gasteiger partial charge in [-0.05, 0) is 60.3 Å². The Balaban J connectivity index is 1.95. The molecule has 0 amide bonds. The third-order valence-corrected chi connectivity index (χ3v) is 3.91. The van der Waals surface area contributed by atoms with Crippen molar-refractivity contribution < 1.29 is 4.39 Å². The summed E-state index contributed by atoms with van der Waals surface area (Å²) in [4.78, 5) is 4.50. The summed E-state index contributed by atoms with van der Waals surface area (Å²) in [6, 6.07) is 3.84. The lowest BCUT2D eigenvalue weighted by atomic mass is 10.2. The number of nitrogens with zero attached hydrogens (tertiary/aromatic N) is 2. The molecule has 2 aromatic rings. The van der Waals surface area contributed by atoms with Gasteiger partial charge >= 0.3 is 0 Å². The minimum Gasteiger partial charge on any atom is -0.325 e. The summed E-state index contributed by atoms with van der Waals surface area (Å²) < 4.78 is 16.1. The molecule has 19 heavy (non-hydrogen) atoms. The van der Waals surface area contributed by atoms with Crippen LogP contribution in [0.15, 0.2) is 22.8 Å². The van der Waals surface area contributed by atoms with Gasteiger partial charge in [0.15, 0.2) is 0 Å². The fourth-order valence-electron chi connectivity index (χ4n) is 2.14. The standard InChI is InChI=1S/C14H15BrFN3/c1-8-5-12(16)11(15)6-13(8)18-14-17-9(2)7-19(14)10-3-4-10/h5-7,10H,3-4H2,1-2H3,(H,17,18).